The third-order valence-corrected chi connectivity index (χ3v) is 5.43. The lowest BCUT2D eigenvalue weighted by molar-refractivity contribution is 0.0969. The third-order valence-electron chi connectivity index (χ3n) is 5.43. The van der Waals surface area contributed by atoms with Crippen molar-refractivity contribution in [2.45, 2.75) is 38.9 Å². The molecule has 2 aromatic carbocycles. The van der Waals surface area contributed by atoms with Crippen molar-refractivity contribution in [3.05, 3.63) is 109 Å². The van der Waals surface area contributed by atoms with Crippen LogP contribution >= 0.6 is 0 Å². The van der Waals surface area contributed by atoms with Gasteiger partial charge in [0.1, 0.15) is 13.2 Å². The summed E-state index contributed by atoms with van der Waals surface area (Å²) in [5.74, 6) is 0. The molecule has 1 aliphatic rings. The van der Waals surface area contributed by atoms with E-state index in [1.54, 1.807) is 22.0 Å². The number of rotatable bonds is 10. The van der Waals surface area contributed by atoms with Crippen LogP contribution < -0.4 is 0 Å². The predicted molar refractivity (Wildman–Crippen MR) is 144 cm³/mol. The molecule has 0 atom stereocenters. The highest BCUT2D eigenvalue weighted by Crippen LogP contribution is 2.08. The Morgan fingerprint density at radius 1 is 0.778 bits per heavy atom. The molecule has 0 fully saturated rings. The highest BCUT2D eigenvalue weighted by molar-refractivity contribution is 5.68. The van der Waals surface area contributed by atoms with Crippen LogP contribution in [0.3, 0.4) is 0 Å². The Hall–Kier alpha value is -3.80. The van der Waals surface area contributed by atoms with Gasteiger partial charge in [0.2, 0.25) is 0 Å². The molecule has 2 amide bonds. The molecule has 0 unspecified atom stereocenters. The molecule has 2 aromatic rings. The molecular weight excluding hydrogens is 452 g/mol. The first-order chi connectivity index (χ1) is 17.6. The summed E-state index contributed by atoms with van der Waals surface area (Å²) in [5, 5.41) is 0. The highest BCUT2D eigenvalue weighted by Gasteiger charge is 2.15. The van der Waals surface area contributed by atoms with Crippen LogP contribution in [0.4, 0.5) is 9.59 Å². The van der Waals surface area contributed by atoms with E-state index in [4.69, 9.17) is 9.47 Å². The summed E-state index contributed by atoms with van der Waals surface area (Å²) in [6.07, 6.45) is 10.7. The fraction of sp³-hybridized carbons (Fsp3) is 0.333. The molecule has 6 heteroatoms. The van der Waals surface area contributed by atoms with E-state index in [-0.39, 0.29) is 12.2 Å². The van der Waals surface area contributed by atoms with Gasteiger partial charge < -0.3 is 19.3 Å². The quantitative estimate of drug-likeness (QED) is 0.346. The molecule has 0 spiro atoms. The summed E-state index contributed by atoms with van der Waals surface area (Å²) in [6, 6.07) is 19.4. The highest BCUT2D eigenvalue weighted by atomic mass is 16.6. The van der Waals surface area contributed by atoms with Crippen molar-refractivity contribution in [2.24, 2.45) is 0 Å². The van der Waals surface area contributed by atoms with Gasteiger partial charge in [-0.15, -0.1) is 13.2 Å². The predicted octanol–water partition coefficient (Wildman–Crippen LogP) is 6.75. The van der Waals surface area contributed by atoms with Crippen molar-refractivity contribution in [1.29, 1.82) is 0 Å². The van der Waals surface area contributed by atoms with Gasteiger partial charge in [-0.05, 0) is 36.8 Å². The summed E-state index contributed by atoms with van der Waals surface area (Å²) in [5.41, 5.74) is 2.01. The molecule has 0 aliphatic carbocycles. The lowest BCUT2D eigenvalue weighted by Gasteiger charge is -2.21. The summed E-state index contributed by atoms with van der Waals surface area (Å²) in [7, 11) is 0. The molecule has 0 aromatic heterocycles. The Bertz CT molecular complexity index is 922. The minimum absolute atomic E-state index is 0.211. The van der Waals surface area contributed by atoms with Crippen LogP contribution in [0, 0.1) is 0 Å². The average molecular weight is 491 g/mol. The minimum Gasteiger partial charge on any atom is -0.445 e. The molecule has 192 valence electrons. The zero-order chi connectivity index (χ0) is 25.8. The zero-order valence-corrected chi connectivity index (χ0v) is 21.1. The molecule has 36 heavy (non-hydrogen) atoms. The summed E-state index contributed by atoms with van der Waals surface area (Å²) in [6.45, 7) is 10.8. The van der Waals surface area contributed by atoms with Crippen molar-refractivity contribution in [3.63, 3.8) is 0 Å². The van der Waals surface area contributed by atoms with Gasteiger partial charge in [-0.25, -0.2) is 9.59 Å². The van der Waals surface area contributed by atoms with Crippen LogP contribution in [-0.2, 0) is 22.7 Å². The van der Waals surface area contributed by atoms with E-state index < -0.39 is 0 Å². The number of benzene rings is 2. The normalized spacial score (nSPS) is 12.4. The van der Waals surface area contributed by atoms with Crippen molar-refractivity contribution in [3.8, 4) is 0 Å². The topological polar surface area (TPSA) is 59.1 Å². The second-order valence-corrected chi connectivity index (χ2v) is 8.26. The number of amides is 2. The molecule has 0 saturated heterocycles. The first kappa shape index (κ1) is 28.4. The van der Waals surface area contributed by atoms with E-state index in [1.165, 1.54) is 0 Å². The molecule has 1 heterocycles. The molecule has 0 bridgehead atoms. The first-order valence-corrected chi connectivity index (χ1v) is 12.4. The van der Waals surface area contributed by atoms with E-state index in [2.05, 4.69) is 25.3 Å². The van der Waals surface area contributed by atoms with Crippen LogP contribution in [0.1, 0.15) is 36.8 Å². The number of hydrogen-bond donors (Lipinski definition) is 0. The fourth-order valence-electron chi connectivity index (χ4n) is 3.40. The molecule has 6 nitrogen and oxygen atoms in total. The van der Waals surface area contributed by atoms with Gasteiger partial charge in [-0.3, -0.25) is 0 Å². The largest absolute Gasteiger partial charge is 0.445 e. The Morgan fingerprint density at radius 2 is 1.25 bits per heavy atom. The average Bonchev–Trinajstić information content (AvgIpc) is 3.22. The second-order valence-electron chi connectivity index (χ2n) is 8.26. The summed E-state index contributed by atoms with van der Waals surface area (Å²) < 4.78 is 10.6. The van der Waals surface area contributed by atoms with Gasteiger partial charge in [-0.1, -0.05) is 85.0 Å². The number of hydrogen-bond acceptors (Lipinski definition) is 4. The first-order valence-electron chi connectivity index (χ1n) is 12.4. The molecule has 1 aliphatic heterocycles. The van der Waals surface area contributed by atoms with E-state index >= 15 is 0 Å². The van der Waals surface area contributed by atoms with Gasteiger partial charge in [0, 0.05) is 26.2 Å². The van der Waals surface area contributed by atoms with E-state index in [9.17, 15) is 9.59 Å². The Balaban J connectivity index is 0.000000255. The van der Waals surface area contributed by atoms with Gasteiger partial charge in [0.25, 0.3) is 0 Å². The van der Waals surface area contributed by atoms with Crippen molar-refractivity contribution < 1.29 is 19.1 Å². The van der Waals surface area contributed by atoms with Crippen molar-refractivity contribution >= 4 is 12.2 Å². The minimum atomic E-state index is -0.285. The lowest BCUT2D eigenvalue weighted by atomic mass is 10.2. The fourth-order valence-corrected chi connectivity index (χ4v) is 3.40. The van der Waals surface area contributed by atoms with E-state index in [0.29, 0.717) is 26.3 Å². The number of ether oxygens (including phenoxy) is 2. The van der Waals surface area contributed by atoms with Crippen LogP contribution in [0.15, 0.2) is 98.1 Å². The number of carbonyl (C=O) groups excluding carboxylic acids is 2. The monoisotopic (exact) mass is 490 g/mol. The van der Waals surface area contributed by atoms with Gasteiger partial charge >= 0.3 is 12.2 Å². The second kappa shape index (κ2) is 17.6. The van der Waals surface area contributed by atoms with E-state index in [0.717, 1.165) is 49.9 Å². The number of carbonyl (C=O) groups is 2. The van der Waals surface area contributed by atoms with Crippen LogP contribution in [0.2, 0.25) is 0 Å². The van der Waals surface area contributed by atoms with Crippen LogP contribution in [0.25, 0.3) is 0 Å². The lowest BCUT2D eigenvalue weighted by Crippen LogP contribution is -2.33. The zero-order valence-electron chi connectivity index (χ0n) is 21.1. The maximum atomic E-state index is 12.0. The number of nitrogens with zero attached hydrogens (tertiary/aromatic N) is 2. The SMILES string of the molecule is C=CCCN(CCC=C)C(=O)OCc1ccccc1.O=C(OCc1ccccc1)N1CCC=CCC1. The Kier molecular flexibility index (Phi) is 13.9. The molecular formula is C30H38N2O4. The molecule has 0 N–H and O–H groups in total. The Labute approximate surface area is 215 Å². The Morgan fingerprint density at radius 3 is 1.72 bits per heavy atom. The maximum absolute atomic E-state index is 12.0. The van der Waals surface area contributed by atoms with E-state index in [1.807, 2.05) is 60.7 Å². The molecule has 0 radical (unpaired) electrons. The van der Waals surface area contributed by atoms with Crippen LogP contribution in [-0.4, -0.2) is 48.2 Å². The molecule has 0 saturated carbocycles. The smallest absolute Gasteiger partial charge is 0.410 e. The van der Waals surface area contributed by atoms with Crippen molar-refractivity contribution in [2.75, 3.05) is 26.2 Å². The van der Waals surface area contributed by atoms with Crippen LogP contribution in [0.5, 0.6) is 0 Å². The van der Waals surface area contributed by atoms with Gasteiger partial charge in [0.15, 0.2) is 0 Å². The van der Waals surface area contributed by atoms with Crippen molar-refractivity contribution in [1.82, 2.24) is 9.80 Å². The third kappa shape index (κ3) is 11.6. The summed E-state index contributed by atoms with van der Waals surface area (Å²) in [4.78, 5) is 27.2. The standard InChI is InChI=1S/C16H21NO2.C14H17NO2/c1-3-5-12-17(13-6-4-2)16(18)19-14-15-10-8-7-9-11-15;16-14(15-10-6-1-2-7-11-15)17-12-13-8-4-3-5-9-13/h3-4,7-11H,1-2,5-6,12-14H2;1-5,8-9H,6-7,10-12H2. The van der Waals surface area contributed by atoms with Gasteiger partial charge in [0.05, 0.1) is 0 Å². The molecule has 3 rings (SSSR count). The van der Waals surface area contributed by atoms with Gasteiger partial charge in [-0.2, -0.15) is 0 Å². The maximum Gasteiger partial charge on any atom is 0.410 e. The summed E-state index contributed by atoms with van der Waals surface area (Å²) >= 11 is 0.